The van der Waals surface area contributed by atoms with Gasteiger partial charge in [0.25, 0.3) is 0 Å². The molecule has 0 saturated heterocycles. The lowest BCUT2D eigenvalue weighted by atomic mass is 10.0. The second-order valence-corrected chi connectivity index (χ2v) is 6.73. The lowest BCUT2D eigenvalue weighted by molar-refractivity contribution is -0.147. The van der Waals surface area contributed by atoms with Gasteiger partial charge in [-0.05, 0) is 12.8 Å². The molecule has 13 nitrogen and oxygen atoms in total. The fourth-order valence-electron chi connectivity index (χ4n) is 2.14. The second-order valence-electron chi connectivity index (χ2n) is 6.73. The standard InChI is InChI=1S/C16H27N5O8/c1-6(2)12(15(27)20-9(16(28)29)5-11(23)24)21-13(25)7(3)19-14(26)8(17)4-10(18)22/h6-9,12H,4-5,17H2,1-3H3,(H2,18,22)(H,19,26)(H,20,27)(H,21,25)(H,23,24)(H,28,29). The number of carboxylic acids is 2. The van der Waals surface area contributed by atoms with Gasteiger partial charge >= 0.3 is 11.9 Å². The molecule has 0 aliphatic carbocycles. The van der Waals surface area contributed by atoms with Crippen LogP contribution in [0.2, 0.25) is 0 Å². The fraction of sp³-hybridized carbons (Fsp3) is 0.625. The van der Waals surface area contributed by atoms with Crippen molar-refractivity contribution in [2.24, 2.45) is 17.4 Å². The van der Waals surface area contributed by atoms with E-state index in [1.54, 1.807) is 13.8 Å². The SMILES string of the molecule is CC(NC(=O)C(N)CC(N)=O)C(=O)NC(C(=O)NC(CC(=O)O)C(=O)O)C(C)C. The lowest BCUT2D eigenvalue weighted by Gasteiger charge is -2.25. The first-order valence-corrected chi connectivity index (χ1v) is 8.65. The number of aliphatic carboxylic acids is 2. The molecule has 13 heteroatoms. The van der Waals surface area contributed by atoms with Crippen LogP contribution in [0.15, 0.2) is 0 Å². The van der Waals surface area contributed by atoms with Crippen molar-refractivity contribution in [1.29, 1.82) is 0 Å². The van der Waals surface area contributed by atoms with Crippen LogP contribution in [0.4, 0.5) is 0 Å². The predicted molar refractivity (Wildman–Crippen MR) is 98.0 cm³/mol. The number of hydrogen-bond donors (Lipinski definition) is 7. The van der Waals surface area contributed by atoms with Crippen LogP contribution in [0.3, 0.4) is 0 Å². The van der Waals surface area contributed by atoms with Crippen LogP contribution in [0.1, 0.15) is 33.6 Å². The van der Waals surface area contributed by atoms with Crippen LogP contribution in [-0.2, 0) is 28.8 Å². The summed E-state index contributed by atoms with van der Waals surface area (Å²) in [5, 5.41) is 24.4. The second kappa shape index (κ2) is 11.6. The molecular formula is C16H27N5O8. The van der Waals surface area contributed by atoms with E-state index < -0.39 is 78.5 Å². The zero-order valence-electron chi connectivity index (χ0n) is 16.3. The number of carbonyl (C=O) groups is 6. The minimum absolute atomic E-state index is 0.419. The van der Waals surface area contributed by atoms with Crippen LogP contribution >= 0.6 is 0 Å². The van der Waals surface area contributed by atoms with E-state index in [0.717, 1.165) is 0 Å². The Bertz CT molecular complexity index is 666. The summed E-state index contributed by atoms with van der Waals surface area (Å²) in [5.41, 5.74) is 10.4. The maximum Gasteiger partial charge on any atom is 0.326 e. The smallest absolute Gasteiger partial charge is 0.326 e. The Kier molecular flexibility index (Phi) is 10.3. The molecule has 0 fully saturated rings. The van der Waals surface area contributed by atoms with Gasteiger partial charge in [0.15, 0.2) is 0 Å². The number of nitrogens with two attached hydrogens (primary N) is 2. The number of primary amides is 1. The van der Waals surface area contributed by atoms with E-state index in [1.807, 2.05) is 0 Å². The molecule has 0 heterocycles. The van der Waals surface area contributed by atoms with Gasteiger partial charge in [0.05, 0.1) is 18.9 Å². The van der Waals surface area contributed by atoms with E-state index in [1.165, 1.54) is 6.92 Å². The molecule has 0 rings (SSSR count). The Morgan fingerprint density at radius 3 is 1.79 bits per heavy atom. The Morgan fingerprint density at radius 1 is 0.828 bits per heavy atom. The van der Waals surface area contributed by atoms with Crippen molar-refractivity contribution < 1.29 is 39.0 Å². The first kappa shape index (κ1) is 25.8. The molecule has 0 aliphatic rings. The summed E-state index contributed by atoms with van der Waals surface area (Å²) >= 11 is 0. The molecular weight excluding hydrogens is 390 g/mol. The molecule has 0 radical (unpaired) electrons. The molecule has 0 aromatic rings. The number of carboxylic acid groups (broad SMARTS) is 2. The summed E-state index contributed by atoms with van der Waals surface area (Å²) in [4.78, 5) is 69.1. The van der Waals surface area contributed by atoms with Gasteiger partial charge < -0.3 is 37.6 Å². The Hall–Kier alpha value is -3.22. The van der Waals surface area contributed by atoms with Crippen LogP contribution in [0, 0.1) is 5.92 Å². The third-order valence-corrected chi connectivity index (χ3v) is 3.75. The van der Waals surface area contributed by atoms with E-state index in [-0.39, 0.29) is 0 Å². The molecule has 0 spiro atoms. The summed E-state index contributed by atoms with van der Waals surface area (Å²) in [6, 6.07) is -5.26. The zero-order valence-corrected chi connectivity index (χ0v) is 16.3. The summed E-state index contributed by atoms with van der Waals surface area (Å²) in [7, 11) is 0. The summed E-state index contributed by atoms with van der Waals surface area (Å²) in [5.74, 6) is -6.72. The van der Waals surface area contributed by atoms with Crippen molar-refractivity contribution in [2.45, 2.75) is 57.8 Å². The first-order valence-electron chi connectivity index (χ1n) is 8.65. The van der Waals surface area contributed by atoms with Crippen molar-refractivity contribution in [2.75, 3.05) is 0 Å². The van der Waals surface area contributed by atoms with Crippen LogP contribution in [-0.4, -0.2) is 69.9 Å². The van der Waals surface area contributed by atoms with Crippen molar-refractivity contribution in [3.63, 3.8) is 0 Å². The molecule has 29 heavy (non-hydrogen) atoms. The molecule has 0 aromatic carbocycles. The highest BCUT2D eigenvalue weighted by atomic mass is 16.4. The number of carbonyl (C=O) groups excluding carboxylic acids is 4. The molecule has 4 atom stereocenters. The monoisotopic (exact) mass is 417 g/mol. The highest BCUT2D eigenvalue weighted by Crippen LogP contribution is 2.05. The van der Waals surface area contributed by atoms with E-state index >= 15 is 0 Å². The average molecular weight is 417 g/mol. The lowest BCUT2D eigenvalue weighted by Crippen LogP contribution is -2.58. The largest absolute Gasteiger partial charge is 0.481 e. The molecule has 0 aromatic heterocycles. The van der Waals surface area contributed by atoms with E-state index in [9.17, 15) is 28.8 Å². The van der Waals surface area contributed by atoms with Crippen molar-refractivity contribution in [1.82, 2.24) is 16.0 Å². The van der Waals surface area contributed by atoms with Crippen LogP contribution in [0.25, 0.3) is 0 Å². The summed E-state index contributed by atoms with van der Waals surface area (Å²) in [6.07, 6.45) is -1.26. The third-order valence-electron chi connectivity index (χ3n) is 3.75. The normalized spacial score (nSPS) is 14.8. The first-order chi connectivity index (χ1) is 13.3. The van der Waals surface area contributed by atoms with Gasteiger partial charge in [-0.3, -0.25) is 24.0 Å². The minimum Gasteiger partial charge on any atom is -0.481 e. The van der Waals surface area contributed by atoms with Crippen molar-refractivity contribution in [3.05, 3.63) is 0 Å². The van der Waals surface area contributed by atoms with Crippen molar-refractivity contribution >= 4 is 35.6 Å². The van der Waals surface area contributed by atoms with Gasteiger partial charge in [-0.25, -0.2) is 4.79 Å². The average Bonchev–Trinajstić information content (AvgIpc) is 2.56. The topological polar surface area (TPSA) is 231 Å². The molecule has 0 bridgehead atoms. The maximum atomic E-state index is 12.4. The van der Waals surface area contributed by atoms with Crippen molar-refractivity contribution in [3.8, 4) is 0 Å². The van der Waals surface area contributed by atoms with E-state index in [2.05, 4.69) is 16.0 Å². The van der Waals surface area contributed by atoms with Gasteiger partial charge in [0.1, 0.15) is 18.1 Å². The summed E-state index contributed by atoms with van der Waals surface area (Å²) < 4.78 is 0. The highest BCUT2D eigenvalue weighted by molar-refractivity contribution is 5.95. The number of nitrogens with one attached hydrogen (secondary N) is 3. The summed E-state index contributed by atoms with van der Waals surface area (Å²) in [6.45, 7) is 4.46. The Labute approximate surface area is 166 Å². The van der Waals surface area contributed by atoms with Gasteiger partial charge in [0.2, 0.25) is 23.6 Å². The molecule has 0 saturated carbocycles. The Morgan fingerprint density at radius 2 is 1.38 bits per heavy atom. The van der Waals surface area contributed by atoms with Crippen LogP contribution in [0.5, 0.6) is 0 Å². The van der Waals surface area contributed by atoms with Gasteiger partial charge in [-0.15, -0.1) is 0 Å². The molecule has 4 amide bonds. The molecule has 164 valence electrons. The van der Waals surface area contributed by atoms with Crippen LogP contribution < -0.4 is 27.4 Å². The fourth-order valence-corrected chi connectivity index (χ4v) is 2.14. The molecule has 0 aliphatic heterocycles. The maximum absolute atomic E-state index is 12.4. The highest BCUT2D eigenvalue weighted by Gasteiger charge is 2.31. The predicted octanol–water partition coefficient (Wildman–Crippen LogP) is -3.12. The number of rotatable bonds is 12. The minimum atomic E-state index is -1.68. The quantitative estimate of drug-likeness (QED) is 0.170. The van der Waals surface area contributed by atoms with Gasteiger partial charge in [-0.1, -0.05) is 13.8 Å². The molecule has 4 unspecified atom stereocenters. The van der Waals surface area contributed by atoms with E-state index in [4.69, 9.17) is 21.7 Å². The van der Waals surface area contributed by atoms with E-state index in [0.29, 0.717) is 0 Å². The zero-order chi connectivity index (χ0) is 22.9. The Balaban J connectivity index is 5.04. The van der Waals surface area contributed by atoms with Gasteiger partial charge in [-0.2, -0.15) is 0 Å². The van der Waals surface area contributed by atoms with Gasteiger partial charge in [0, 0.05) is 0 Å². The number of amides is 4. The number of hydrogen-bond acceptors (Lipinski definition) is 7. The molecule has 9 N–H and O–H groups in total. The third kappa shape index (κ3) is 9.51.